The molecule has 9 heteroatoms. The number of amides is 2. The van der Waals surface area contributed by atoms with Crippen LogP contribution in [0.15, 0.2) is 77.7 Å². The Morgan fingerprint density at radius 2 is 1.62 bits per heavy atom. The molecular weight excluding hydrogens is 570 g/mol. The summed E-state index contributed by atoms with van der Waals surface area (Å²) in [7, 11) is -4.11. The fraction of sp³-hybridized carbons (Fsp3) is 0.394. The SMILES string of the molecule is CCC(C(=O)NC1CCCCC1)N(Cc1ccccc1Cl)C(=O)CN(c1cccc(C)c1)S(=O)(=O)c1ccc(C)cc1. The van der Waals surface area contributed by atoms with Gasteiger partial charge in [-0.25, -0.2) is 8.42 Å². The Kier molecular flexibility index (Phi) is 10.7. The predicted octanol–water partition coefficient (Wildman–Crippen LogP) is 6.41. The van der Waals surface area contributed by atoms with E-state index in [9.17, 15) is 18.0 Å². The number of aryl methyl sites for hydroxylation is 2. The Labute approximate surface area is 254 Å². The van der Waals surface area contributed by atoms with Gasteiger partial charge in [0.25, 0.3) is 10.0 Å². The minimum Gasteiger partial charge on any atom is -0.352 e. The largest absolute Gasteiger partial charge is 0.352 e. The molecule has 0 spiro atoms. The van der Waals surface area contributed by atoms with E-state index >= 15 is 0 Å². The van der Waals surface area contributed by atoms with Gasteiger partial charge in [0.2, 0.25) is 11.8 Å². The molecule has 1 aliphatic carbocycles. The van der Waals surface area contributed by atoms with E-state index in [0.717, 1.165) is 47.5 Å². The van der Waals surface area contributed by atoms with Crippen molar-refractivity contribution in [3.63, 3.8) is 0 Å². The molecule has 2 amide bonds. The maximum Gasteiger partial charge on any atom is 0.264 e. The number of benzene rings is 3. The van der Waals surface area contributed by atoms with Crippen molar-refractivity contribution in [2.45, 2.75) is 82.8 Å². The van der Waals surface area contributed by atoms with Gasteiger partial charge >= 0.3 is 0 Å². The summed E-state index contributed by atoms with van der Waals surface area (Å²) in [6.07, 6.45) is 5.47. The molecule has 1 N–H and O–H groups in total. The Morgan fingerprint density at radius 1 is 0.929 bits per heavy atom. The Balaban J connectivity index is 1.71. The molecule has 3 aromatic carbocycles. The lowest BCUT2D eigenvalue weighted by Gasteiger charge is -2.34. The molecule has 0 aliphatic heterocycles. The van der Waals surface area contributed by atoms with Gasteiger partial charge in [0.05, 0.1) is 10.6 Å². The van der Waals surface area contributed by atoms with E-state index in [2.05, 4.69) is 5.32 Å². The molecule has 1 atom stereocenters. The lowest BCUT2D eigenvalue weighted by Crippen LogP contribution is -2.54. The van der Waals surface area contributed by atoms with Crippen LogP contribution in [-0.4, -0.2) is 43.8 Å². The minimum atomic E-state index is -4.11. The van der Waals surface area contributed by atoms with Crippen LogP contribution in [0.2, 0.25) is 5.02 Å². The van der Waals surface area contributed by atoms with Gasteiger partial charge in [-0.2, -0.15) is 0 Å². The van der Waals surface area contributed by atoms with Crippen LogP contribution in [0.25, 0.3) is 0 Å². The quantitative estimate of drug-likeness (QED) is 0.272. The molecule has 224 valence electrons. The lowest BCUT2D eigenvalue weighted by molar-refractivity contribution is -0.140. The van der Waals surface area contributed by atoms with Crippen LogP contribution in [0.1, 0.15) is 62.1 Å². The van der Waals surface area contributed by atoms with Crippen LogP contribution in [0.3, 0.4) is 0 Å². The van der Waals surface area contributed by atoms with Gasteiger partial charge in [0.15, 0.2) is 0 Å². The predicted molar refractivity (Wildman–Crippen MR) is 168 cm³/mol. The Bertz CT molecular complexity index is 1490. The summed E-state index contributed by atoms with van der Waals surface area (Å²) in [4.78, 5) is 29.5. The first-order valence-electron chi connectivity index (χ1n) is 14.6. The van der Waals surface area contributed by atoms with Crippen molar-refractivity contribution in [1.29, 1.82) is 0 Å². The number of sulfonamides is 1. The summed E-state index contributed by atoms with van der Waals surface area (Å²) < 4.78 is 29.2. The third kappa shape index (κ3) is 7.72. The summed E-state index contributed by atoms with van der Waals surface area (Å²) in [5, 5.41) is 3.63. The molecule has 0 aromatic heterocycles. The molecule has 0 radical (unpaired) electrons. The molecule has 7 nitrogen and oxygen atoms in total. The zero-order valence-electron chi connectivity index (χ0n) is 24.6. The maximum absolute atomic E-state index is 14.3. The second kappa shape index (κ2) is 14.2. The molecule has 4 rings (SSSR count). The number of carbonyl (C=O) groups is 2. The number of rotatable bonds is 11. The standard InChI is InChI=1S/C33H40ClN3O4S/c1-4-31(33(39)35-27-13-6-5-7-14-27)36(22-26-12-8-9-16-30(26)34)32(38)23-37(28-15-10-11-25(3)21-28)42(40,41)29-19-17-24(2)18-20-29/h8-12,15-21,27,31H,4-7,13-14,22-23H2,1-3H3,(H,35,39). The Hall–Kier alpha value is -3.36. The number of hydrogen-bond donors (Lipinski definition) is 1. The van der Waals surface area contributed by atoms with Crippen LogP contribution in [0.4, 0.5) is 5.69 Å². The number of halogens is 1. The van der Waals surface area contributed by atoms with Gasteiger partial charge in [0.1, 0.15) is 12.6 Å². The normalized spacial score (nSPS) is 14.7. The fourth-order valence-electron chi connectivity index (χ4n) is 5.42. The van der Waals surface area contributed by atoms with E-state index in [1.165, 1.54) is 4.90 Å². The lowest BCUT2D eigenvalue weighted by atomic mass is 9.95. The van der Waals surface area contributed by atoms with E-state index in [-0.39, 0.29) is 23.4 Å². The van der Waals surface area contributed by atoms with Crippen molar-refractivity contribution in [3.05, 3.63) is 94.5 Å². The highest BCUT2D eigenvalue weighted by Gasteiger charge is 2.34. The molecule has 42 heavy (non-hydrogen) atoms. The number of nitrogens with zero attached hydrogens (tertiary/aromatic N) is 2. The van der Waals surface area contributed by atoms with Crippen LogP contribution >= 0.6 is 11.6 Å². The Morgan fingerprint density at radius 3 is 2.26 bits per heavy atom. The third-order valence-electron chi connectivity index (χ3n) is 7.81. The second-order valence-corrected chi connectivity index (χ2v) is 13.3. The van der Waals surface area contributed by atoms with Crippen molar-refractivity contribution in [2.24, 2.45) is 0 Å². The highest BCUT2D eigenvalue weighted by molar-refractivity contribution is 7.92. The average molecular weight is 610 g/mol. The topological polar surface area (TPSA) is 86.8 Å². The van der Waals surface area contributed by atoms with Crippen molar-refractivity contribution in [3.8, 4) is 0 Å². The van der Waals surface area contributed by atoms with Gasteiger partial charge in [-0.15, -0.1) is 0 Å². The van der Waals surface area contributed by atoms with Gasteiger partial charge < -0.3 is 10.2 Å². The maximum atomic E-state index is 14.3. The smallest absolute Gasteiger partial charge is 0.264 e. The van der Waals surface area contributed by atoms with Gasteiger partial charge in [-0.05, 0) is 74.6 Å². The van der Waals surface area contributed by atoms with Gasteiger partial charge in [-0.1, -0.05) is 85.8 Å². The molecule has 3 aromatic rings. The summed E-state index contributed by atoms with van der Waals surface area (Å²) in [6.45, 7) is 5.21. The van der Waals surface area contributed by atoms with Gasteiger partial charge in [-0.3, -0.25) is 13.9 Å². The minimum absolute atomic E-state index is 0.0708. The van der Waals surface area contributed by atoms with Crippen LogP contribution < -0.4 is 9.62 Å². The molecule has 0 saturated heterocycles. The molecular formula is C33H40ClN3O4S. The van der Waals surface area contributed by atoms with E-state index in [1.54, 1.807) is 54.6 Å². The first-order chi connectivity index (χ1) is 20.1. The number of nitrogens with one attached hydrogen (secondary N) is 1. The zero-order valence-corrected chi connectivity index (χ0v) is 26.1. The van der Waals surface area contributed by atoms with E-state index in [4.69, 9.17) is 11.6 Å². The molecule has 1 aliphatic rings. The van der Waals surface area contributed by atoms with E-state index in [0.29, 0.717) is 22.7 Å². The third-order valence-corrected chi connectivity index (χ3v) is 9.97. The molecule has 1 unspecified atom stereocenters. The number of anilines is 1. The molecule has 1 fully saturated rings. The van der Waals surface area contributed by atoms with Crippen LogP contribution in [0, 0.1) is 13.8 Å². The number of carbonyl (C=O) groups excluding carboxylic acids is 2. The molecule has 0 heterocycles. The van der Waals surface area contributed by atoms with Crippen molar-refractivity contribution < 1.29 is 18.0 Å². The first-order valence-corrected chi connectivity index (χ1v) is 16.4. The first kappa shape index (κ1) is 31.6. The highest BCUT2D eigenvalue weighted by atomic mass is 35.5. The van der Waals surface area contributed by atoms with Crippen molar-refractivity contribution in [1.82, 2.24) is 10.2 Å². The molecule has 1 saturated carbocycles. The zero-order chi connectivity index (χ0) is 30.3. The average Bonchev–Trinajstić information content (AvgIpc) is 2.97. The van der Waals surface area contributed by atoms with E-state index < -0.39 is 28.5 Å². The number of hydrogen-bond acceptors (Lipinski definition) is 4. The van der Waals surface area contributed by atoms with Crippen molar-refractivity contribution >= 4 is 39.1 Å². The van der Waals surface area contributed by atoms with E-state index in [1.807, 2.05) is 39.0 Å². The summed E-state index contributed by atoms with van der Waals surface area (Å²) in [6, 6.07) is 20.1. The van der Waals surface area contributed by atoms with Crippen LogP contribution in [-0.2, 0) is 26.2 Å². The van der Waals surface area contributed by atoms with Crippen LogP contribution in [0.5, 0.6) is 0 Å². The molecule has 0 bridgehead atoms. The summed E-state index contributed by atoms with van der Waals surface area (Å²) in [5.41, 5.74) is 2.84. The van der Waals surface area contributed by atoms with Crippen molar-refractivity contribution in [2.75, 3.05) is 10.8 Å². The second-order valence-electron chi connectivity index (χ2n) is 11.0. The summed E-state index contributed by atoms with van der Waals surface area (Å²) >= 11 is 6.50. The monoisotopic (exact) mass is 609 g/mol. The highest BCUT2D eigenvalue weighted by Crippen LogP contribution is 2.27. The van der Waals surface area contributed by atoms with Gasteiger partial charge in [0, 0.05) is 17.6 Å². The fourth-order valence-corrected chi connectivity index (χ4v) is 7.02. The summed E-state index contributed by atoms with van der Waals surface area (Å²) in [5.74, 6) is -0.717.